The van der Waals surface area contributed by atoms with E-state index in [0.29, 0.717) is 4.88 Å². The van der Waals surface area contributed by atoms with E-state index in [2.05, 4.69) is 0 Å². The number of carbonyl (C=O) groups is 3. The summed E-state index contributed by atoms with van der Waals surface area (Å²) in [7, 11) is -4.38. The summed E-state index contributed by atoms with van der Waals surface area (Å²) in [6.07, 6.45) is 0. The quantitative estimate of drug-likeness (QED) is 0.577. The molecule has 0 atom stereocenters. The Kier molecular flexibility index (Phi) is 5.97. The highest BCUT2D eigenvalue weighted by Crippen LogP contribution is 2.24. The Hall–Kier alpha value is -2.81. The number of thiophene rings is 1. The zero-order chi connectivity index (χ0) is 21.2. The van der Waals surface area contributed by atoms with Gasteiger partial charge >= 0.3 is 0 Å². The molecule has 0 aliphatic carbocycles. The summed E-state index contributed by atoms with van der Waals surface area (Å²) in [5, 5.41) is 1.59. The van der Waals surface area contributed by atoms with Gasteiger partial charge in [-0.1, -0.05) is 35.9 Å². The van der Waals surface area contributed by atoms with Crippen LogP contribution in [0.3, 0.4) is 0 Å². The molecule has 1 N–H and O–H groups in total. The van der Waals surface area contributed by atoms with Gasteiger partial charge in [0.15, 0.2) is 5.78 Å². The van der Waals surface area contributed by atoms with E-state index in [1.807, 2.05) is 4.72 Å². The van der Waals surface area contributed by atoms with Crippen LogP contribution < -0.4 is 4.72 Å². The van der Waals surface area contributed by atoms with Gasteiger partial charge in [0.05, 0.1) is 15.5 Å². The van der Waals surface area contributed by atoms with Crippen molar-refractivity contribution < 1.29 is 22.8 Å². The SMILES string of the molecule is CC(=O)c1ccc(Cl)c(S(=O)(=O)NC(=O)c2ccccc2C(=O)c2cccs2)c1. The predicted octanol–water partition coefficient (Wildman–Crippen LogP) is 3.95. The van der Waals surface area contributed by atoms with Crippen molar-refractivity contribution in [3.63, 3.8) is 0 Å². The molecule has 6 nitrogen and oxygen atoms in total. The van der Waals surface area contributed by atoms with E-state index in [1.165, 1.54) is 48.6 Å². The van der Waals surface area contributed by atoms with Gasteiger partial charge in [-0.2, -0.15) is 0 Å². The first-order chi connectivity index (χ1) is 13.7. The second-order valence-electron chi connectivity index (χ2n) is 5.99. The molecule has 0 radical (unpaired) electrons. The smallest absolute Gasteiger partial charge is 0.265 e. The molecule has 29 heavy (non-hydrogen) atoms. The fourth-order valence-corrected chi connectivity index (χ4v) is 4.75. The molecular formula is C20H14ClNO5S2. The number of nitrogens with one attached hydrogen (secondary N) is 1. The Balaban J connectivity index is 1.96. The van der Waals surface area contributed by atoms with E-state index in [-0.39, 0.29) is 33.3 Å². The first-order valence-corrected chi connectivity index (χ1v) is 11.0. The molecular weight excluding hydrogens is 434 g/mol. The van der Waals surface area contributed by atoms with Crippen LogP contribution in [0.2, 0.25) is 5.02 Å². The van der Waals surface area contributed by atoms with E-state index >= 15 is 0 Å². The zero-order valence-corrected chi connectivity index (χ0v) is 17.4. The number of sulfonamides is 1. The number of carbonyl (C=O) groups excluding carboxylic acids is 3. The first-order valence-electron chi connectivity index (χ1n) is 8.25. The van der Waals surface area contributed by atoms with Gasteiger partial charge in [-0.15, -0.1) is 11.3 Å². The van der Waals surface area contributed by atoms with E-state index in [1.54, 1.807) is 23.6 Å². The third kappa shape index (κ3) is 4.45. The van der Waals surface area contributed by atoms with E-state index in [4.69, 9.17) is 11.6 Å². The van der Waals surface area contributed by atoms with Gasteiger partial charge in [0.1, 0.15) is 4.90 Å². The van der Waals surface area contributed by atoms with Gasteiger partial charge < -0.3 is 0 Å². The molecule has 0 unspecified atom stereocenters. The minimum atomic E-state index is -4.38. The van der Waals surface area contributed by atoms with Crippen molar-refractivity contribution in [3.05, 3.63) is 86.6 Å². The second kappa shape index (κ2) is 8.28. The number of benzene rings is 2. The lowest BCUT2D eigenvalue weighted by atomic mass is 10.0. The molecule has 1 aromatic heterocycles. The molecule has 148 valence electrons. The maximum absolute atomic E-state index is 12.7. The van der Waals surface area contributed by atoms with E-state index in [0.717, 1.165) is 6.07 Å². The van der Waals surface area contributed by atoms with Crippen molar-refractivity contribution >= 4 is 50.4 Å². The summed E-state index contributed by atoms with van der Waals surface area (Å²) >= 11 is 7.18. The lowest BCUT2D eigenvalue weighted by Crippen LogP contribution is -2.32. The summed E-state index contributed by atoms with van der Waals surface area (Å²) in [6, 6.07) is 13.0. The van der Waals surface area contributed by atoms with Crippen LogP contribution in [-0.2, 0) is 10.0 Å². The molecule has 0 aliphatic heterocycles. The number of Topliss-reactive ketones (excluding diaryl/α,β-unsaturated/α-hetero) is 1. The van der Waals surface area contributed by atoms with Gasteiger partial charge in [-0.25, -0.2) is 13.1 Å². The maximum atomic E-state index is 12.7. The summed E-state index contributed by atoms with van der Waals surface area (Å²) in [6.45, 7) is 1.28. The number of hydrogen-bond acceptors (Lipinski definition) is 6. The number of rotatable bonds is 6. The molecule has 0 aliphatic rings. The van der Waals surface area contributed by atoms with Crippen molar-refractivity contribution in [1.29, 1.82) is 0 Å². The highest BCUT2D eigenvalue weighted by molar-refractivity contribution is 7.90. The molecule has 0 spiro atoms. The van der Waals surface area contributed by atoms with Crippen LogP contribution in [0.15, 0.2) is 64.9 Å². The molecule has 2 aromatic carbocycles. The molecule has 0 bridgehead atoms. The van der Waals surface area contributed by atoms with Crippen LogP contribution in [0.5, 0.6) is 0 Å². The minimum absolute atomic E-state index is 0.0752. The molecule has 3 rings (SSSR count). The Morgan fingerprint density at radius 1 is 0.966 bits per heavy atom. The number of amides is 1. The lowest BCUT2D eigenvalue weighted by molar-refractivity contribution is 0.0966. The molecule has 0 saturated carbocycles. The van der Waals surface area contributed by atoms with Gasteiger partial charge in [-0.05, 0) is 42.6 Å². The maximum Gasteiger partial charge on any atom is 0.265 e. The van der Waals surface area contributed by atoms with Gasteiger partial charge in [0.25, 0.3) is 15.9 Å². The second-order valence-corrected chi connectivity index (χ2v) is 8.99. The summed E-state index contributed by atoms with van der Waals surface area (Å²) in [5.74, 6) is -1.72. The molecule has 1 heterocycles. The van der Waals surface area contributed by atoms with Crippen LogP contribution in [0.1, 0.15) is 42.9 Å². The third-order valence-corrected chi connectivity index (χ3v) is 6.70. The van der Waals surface area contributed by atoms with Gasteiger partial charge in [-0.3, -0.25) is 14.4 Å². The summed E-state index contributed by atoms with van der Waals surface area (Å²) in [4.78, 5) is 36.9. The topological polar surface area (TPSA) is 97.4 Å². The van der Waals surface area contributed by atoms with E-state index < -0.39 is 20.8 Å². The molecule has 1 amide bonds. The monoisotopic (exact) mass is 447 g/mol. The van der Waals surface area contributed by atoms with Crippen LogP contribution in [0.25, 0.3) is 0 Å². The largest absolute Gasteiger partial charge is 0.295 e. The fourth-order valence-electron chi connectivity index (χ4n) is 2.58. The molecule has 0 saturated heterocycles. The summed E-state index contributed by atoms with van der Waals surface area (Å²) in [5.41, 5.74) is 0.120. The van der Waals surface area contributed by atoms with Crippen LogP contribution in [-0.4, -0.2) is 25.9 Å². The molecule has 9 heteroatoms. The lowest BCUT2D eigenvalue weighted by Gasteiger charge is -2.11. The van der Waals surface area contributed by atoms with Crippen LogP contribution in [0, 0.1) is 0 Å². The first kappa shape index (κ1) is 20.9. The van der Waals surface area contributed by atoms with Gasteiger partial charge in [0, 0.05) is 11.1 Å². The molecule has 3 aromatic rings. The minimum Gasteiger partial charge on any atom is -0.295 e. The summed E-state index contributed by atoms with van der Waals surface area (Å²) < 4.78 is 27.3. The number of halogens is 1. The Bertz CT molecular complexity index is 1220. The normalized spacial score (nSPS) is 11.1. The van der Waals surface area contributed by atoms with Crippen molar-refractivity contribution in [2.45, 2.75) is 11.8 Å². The zero-order valence-electron chi connectivity index (χ0n) is 15.0. The van der Waals surface area contributed by atoms with Crippen molar-refractivity contribution in [2.24, 2.45) is 0 Å². The number of ketones is 2. The average molecular weight is 448 g/mol. The predicted molar refractivity (Wildman–Crippen MR) is 110 cm³/mol. The number of hydrogen-bond donors (Lipinski definition) is 1. The average Bonchev–Trinajstić information content (AvgIpc) is 3.22. The molecule has 0 fully saturated rings. The van der Waals surface area contributed by atoms with Crippen molar-refractivity contribution in [1.82, 2.24) is 4.72 Å². The highest BCUT2D eigenvalue weighted by atomic mass is 35.5. The standard InChI is InChI=1S/C20H14ClNO5S2/c1-12(23)13-8-9-16(21)18(11-13)29(26,27)22-20(25)15-6-3-2-5-14(15)19(24)17-7-4-10-28-17/h2-11H,1H3,(H,22,25). The third-order valence-electron chi connectivity index (χ3n) is 4.02. The highest BCUT2D eigenvalue weighted by Gasteiger charge is 2.25. The Labute approximate surface area is 176 Å². The van der Waals surface area contributed by atoms with Crippen LogP contribution >= 0.6 is 22.9 Å². The van der Waals surface area contributed by atoms with Crippen molar-refractivity contribution in [3.8, 4) is 0 Å². The fraction of sp³-hybridized carbons (Fsp3) is 0.0500. The van der Waals surface area contributed by atoms with Gasteiger partial charge in [0.2, 0.25) is 5.78 Å². The Morgan fingerprint density at radius 2 is 1.66 bits per heavy atom. The Morgan fingerprint density at radius 3 is 2.28 bits per heavy atom. The van der Waals surface area contributed by atoms with Crippen molar-refractivity contribution in [2.75, 3.05) is 0 Å². The van der Waals surface area contributed by atoms with Crippen LogP contribution in [0.4, 0.5) is 0 Å². The van der Waals surface area contributed by atoms with E-state index in [9.17, 15) is 22.8 Å².